The molecule has 2 atom stereocenters. The van der Waals surface area contributed by atoms with Gasteiger partial charge in [-0.3, -0.25) is 9.18 Å². The first-order chi connectivity index (χ1) is 15.1. The number of benzene rings is 1. The lowest BCUT2D eigenvalue weighted by atomic mass is 9.87. The maximum Gasteiger partial charge on any atom is 0.434 e. The maximum absolute atomic E-state index is 13.4. The Hall–Kier alpha value is -2.26. The number of carbonyl (C=O) groups excluding carboxylic acids is 1. The van der Waals surface area contributed by atoms with Crippen molar-refractivity contribution in [2.45, 2.75) is 55.7 Å². The van der Waals surface area contributed by atoms with E-state index in [1.54, 1.807) is 0 Å². The Morgan fingerprint density at radius 3 is 1.59 bits per heavy atom. The average molecular weight is 526 g/mol. The zero-order valence-corrected chi connectivity index (χ0v) is 16.6. The van der Waals surface area contributed by atoms with Crippen molar-refractivity contribution in [1.82, 2.24) is 0 Å². The van der Waals surface area contributed by atoms with Crippen LogP contribution in [0.2, 0.25) is 0 Å². The van der Waals surface area contributed by atoms with Crippen LogP contribution in [0.25, 0.3) is 0 Å². The molecule has 0 radical (unpaired) electrons. The monoisotopic (exact) mass is 526 g/mol. The van der Waals surface area contributed by atoms with Crippen LogP contribution in [0, 0.1) is 5.92 Å². The third kappa shape index (κ3) is 6.44. The highest BCUT2D eigenvalue weighted by atomic mass is 19.4. The van der Waals surface area contributed by atoms with Gasteiger partial charge in [0.2, 0.25) is 0 Å². The molecule has 0 spiro atoms. The lowest BCUT2D eigenvalue weighted by molar-refractivity contribution is -0.376. The number of hydrogen-bond acceptors (Lipinski definition) is 3. The molecule has 1 N–H and O–H groups in total. The van der Waals surface area contributed by atoms with E-state index in [2.05, 4.69) is 4.74 Å². The van der Waals surface area contributed by atoms with Crippen molar-refractivity contribution in [2.24, 2.45) is 5.92 Å². The number of esters is 1. The molecule has 0 aliphatic rings. The summed E-state index contributed by atoms with van der Waals surface area (Å²) in [6.07, 6.45) is -29.7. The minimum Gasteiger partial charge on any atom is -0.443 e. The Labute approximate surface area is 182 Å². The van der Waals surface area contributed by atoms with E-state index in [0.29, 0.717) is 12.1 Å². The fraction of sp³-hybridized carbons (Fsp3) is 0.611. The molecule has 0 fully saturated rings. The molecule has 1 aromatic carbocycles. The molecule has 0 aliphatic carbocycles. The molecular weight excluding hydrogens is 511 g/mol. The van der Waals surface area contributed by atoms with Gasteiger partial charge in [0.15, 0.2) is 0 Å². The van der Waals surface area contributed by atoms with Crippen molar-refractivity contribution in [3.8, 4) is 0 Å². The predicted molar refractivity (Wildman–Crippen MR) is 86.9 cm³/mol. The molecule has 196 valence electrons. The lowest BCUT2D eigenvalue weighted by Gasteiger charge is -2.32. The zero-order valence-electron chi connectivity index (χ0n) is 16.6. The molecule has 0 aliphatic heterocycles. The summed E-state index contributed by atoms with van der Waals surface area (Å²) >= 11 is 0. The molecule has 0 saturated heterocycles. The fourth-order valence-electron chi connectivity index (χ4n) is 2.85. The van der Waals surface area contributed by atoms with Gasteiger partial charge in [-0.15, -0.1) is 0 Å². The number of rotatable bonds is 7. The van der Waals surface area contributed by atoms with E-state index in [0.717, 1.165) is 6.92 Å². The van der Waals surface area contributed by atoms with Crippen molar-refractivity contribution >= 4 is 5.97 Å². The van der Waals surface area contributed by atoms with Crippen molar-refractivity contribution < 1.29 is 71.7 Å². The van der Waals surface area contributed by atoms with Crippen LogP contribution in [-0.4, -0.2) is 48.6 Å². The molecule has 34 heavy (non-hydrogen) atoms. The van der Waals surface area contributed by atoms with E-state index in [1.807, 2.05) is 0 Å². The van der Waals surface area contributed by atoms with Crippen LogP contribution in [0.1, 0.15) is 30.4 Å². The summed E-state index contributed by atoms with van der Waals surface area (Å²) in [6.45, 7) is -0.656. The first-order valence-corrected chi connectivity index (χ1v) is 8.93. The fourth-order valence-corrected chi connectivity index (χ4v) is 2.85. The van der Waals surface area contributed by atoms with E-state index >= 15 is 0 Å². The van der Waals surface area contributed by atoms with Gasteiger partial charge in [-0.2, -0.15) is 52.7 Å². The van der Waals surface area contributed by atoms with Gasteiger partial charge in [0, 0.05) is 11.5 Å². The van der Waals surface area contributed by atoms with Gasteiger partial charge >= 0.3 is 30.7 Å². The van der Waals surface area contributed by atoms with Crippen molar-refractivity contribution in [3.63, 3.8) is 0 Å². The van der Waals surface area contributed by atoms with Crippen LogP contribution >= 0.6 is 0 Å². The second-order valence-corrected chi connectivity index (χ2v) is 7.22. The number of hydrogen-bond donors (Lipinski definition) is 1. The van der Waals surface area contributed by atoms with Gasteiger partial charge in [-0.1, -0.05) is 31.2 Å². The van der Waals surface area contributed by atoms with Crippen molar-refractivity contribution in [3.05, 3.63) is 35.4 Å². The van der Waals surface area contributed by atoms with E-state index in [1.165, 1.54) is 0 Å². The highest BCUT2D eigenvalue weighted by molar-refractivity contribution is 5.72. The summed E-state index contributed by atoms with van der Waals surface area (Å²) in [5, 5.41) is 9.31. The Morgan fingerprint density at radius 2 is 1.26 bits per heavy atom. The van der Waals surface area contributed by atoms with E-state index in [-0.39, 0.29) is 17.7 Å². The van der Waals surface area contributed by atoms with Crippen LogP contribution in [0.4, 0.5) is 57.1 Å². The second-order valence-electron chi connectivity index (χ2n) is 7.22. The smallest absolute Gasteiger partial charge is 0.434 e. The SMILES string of the molecule is CC(CC(CF)c1ccc(C(O)(C(F)(F)F)C(F)(F)F)cc1)C(=O)OC(C(F)(F)F)C(F)(F)F. The number of alkyl halides is 13. The van der Waals surface area contributed by atoms with Gasteiger partial charge in [0.1, 0.15) is 0 Å². The minimum atomic E-state index is -6.20. The Bertz CT molecular complexity index is 794. The van der Waals surface area contributed by atoms with E-state index in [9.17, 15) is 67.0 Å². The van der Waals surface area contributed by atoms with E-state index in [4.69, 9.17) is 0 Å². The van der Waals surface area contributed by atoms with Gasteiger partial charge in [-0.25, -0.2) is 0 Å². The van der Waals surface area contributed by atoms with Gasteiger partial charge in [-0.05, 0) is 12.0 Å². The summed E-state index contributed by atoms with van der Waals surface area (Å²) in [5.74, 6) is -5.33. The van der Waals surface area contributed by atoms with Crippen LogP contribution in [0.15, 0.2) is 24.3 Å². The first-order valence-electron chi connectivity index (χ1n) is 8.93. The molecule has 1 aromatic rings. The van der Waals surface area contributed by atoms with Crippen LogP contribution in [-0.2, 0) is 15.1 Å². The molecule has 0 heterocycles. The van der Waals surface area contributed by atoms with Crippen LogP contribution in [0.5, 0.6) is 0 Å². The molecule has 2 unspecified atom stereocenters. The summed E-state index contributed by atoms with van der Waals surface area (Å²) in [5.41, 5.74) is -7.30. The summed E-state index contributed by atoms with van der Waals surface area (Å²) < 4.78 is 169. The Kier molecular flexibility index (Phi) is 8.56. The summed E-state index contributed by atoms with van der Waals surface area (Å²) in [7, 11) is 0. The van der Waals surface area contributed by atoms with Gasteiger partial charge in [0.25, 0.3) is 11.7 Å². The normalized spacial score (nSPS) is 15.9. The molecule has 0 bridgehead atoms. The summed E-state index contributed by atoms with van der Waals surface area (Å²) in [6, 6.07) is 1.42. The number of carbonyl (C=O) groups is 1. The van der Waals surface area contributed by atoms with Crippen molar-refractivity contribution in [1.29, 1.82) is 0 Å². The van der Waals surface area contributed by atoms with Crippen molar-refractivity contribution in [2.75, 3.05) is 6.67 Å². The standard InChI is InChI=1S/C18H15F13O3/c1-8(12(32)34-13(15(20,21)22)16(23,24)25)6-10(7-19)9-2-4-11(5-3-9)14(33,17(26,27)28)18(29,30)31/h2-5,8,10,13,33H,6-7H2,1H3. The highest BCUT2D eigenvalue weighted by Gasteiger charge is 2.71. The molecule has 0 amide bonds. The van der Waals surface area contributed by atoms with Gasteiger partial charge < -0.3 is 9.84 Å². The van der Waals surface area contributed by atoms with Gasteiger partial charge in [0.05, 0.1) is 12.6 Å². The Morgan fingerprint density at radius 1 is 0.853 bits per heavy atom. The largest absolute Gasteiger partial charge is 0.443 e. The van der Waals surface area contributed by atoms with Crippen LogP contribution < -0.4 is 0 Å². The number of halogens is 13. The van der Waals surface area contributed by atoms with E-state index < -0.39 is 72.9 Å². The minimum absolute atomic E-state index is 0.172. The zero-order chi connectivity index (χ0) is 26.9. The second kappa shape index (κ2) is 9.77. The topological polar surface area (TPSA) is 46.5 Å². The quantitative estimate of drug-likeness (QED) is 0.345. The number of ether oxygens (including phenoxy) is 1. The summed E-state index contributed by atoms with van der Waals surface area (Å²) in [4.78, 5) is 11.7. The number of aliphatic hydroxyl groups is 1. The lowest BCUT2D eigenvalue weighted by Crippen LogP contribution is -2.53. The highest BCUT2D eigenvalue weighted by Crippen LogP contribution is 2.50. The first kappa shape index (κ1) is 29.8. The van der Waals surface area contributed by atoms with Crippen LogP contribution in [0.3, 0.4) is 0 Å². The molecule has 0 saturated carbocycles. The molecule has 3 nitrogen and oxygen atoms in total. The molecule has 0 aromatic heterocycles. The molecule has 1 rings (SSSR count). The third-order valence-electron chi connectivity index (χ3n) is 4.68. The average Bonchev–Trinajstić information content (AvgIpc) is 2.65. The Balaban J connectivity index is 3.11. The molecule has 16 heteroatoms. The molecular formula is C18H15F13O3. The predicted octanol–water partition coefficient (Wildman–Crippen LogP) is 6.11. The maximum atomic E-state index is 13.4. The third-order valence-corrected chi connectivity index (χ3v) is 4.68.